The van der Waals surface area contributed by atoms with Gasteiger partial charge in [0.15, 0.2) is 5.76 Å². The molecule has 0 saturated carbocycles. The van der Waals surface area contributed by atoms with Crippen molar-refractivity contribution in [1.29, 1.82) is 0 Å². The summed E-state index contributed by atoms with van der Waals surface area (Å²) in [7, 11) is 0. The van der Waals surface area contributed by atoms with Crippen LogP contribution in [0.25, 0.3) is 11.3 Å². The molecule has 1 aliphatic rings. The van der Waals surface area contributed by atoms with Gasteiger partial charge in [-0.3, -0.25) is 10.00 Å². The fourth-order valence-corrected chi connectivity index (χ4v) is 3.59. The van der Waals surface area contributed by atoms with E-state index >= 15 is 0 Å². The summed E-state index contributed by atoms with van der Waals surface area (Å²) >= 11 is 0. The van der Waals surface area contributed by atoms with Crippen molar-refractivity contribution in [2.75, 3.05) is 6.54 Å². The topological polar surface area (TPSA) is 58.0 Å². The minimum Gasteiger partial charge on any atom is -0.356 e. The molecule has 0 unspecified atom stereocenters. The second-order valence-electron chi connectivity index (χ2n) is 6.64. The standard InChI is InChI=1S/C19H21FN4O/c1-12-13(2)23-25-19(12)15-10-21-22-18(15)17-8-5-9-24(17)11-14-6-3-4-7-16(14)20/h3-4,6-7,10,17H,5,8-9,11H2,1-2H3,(H,21,22)/t17-/m1/s1. The van der Waals surface area contributed by atoms with Crippen LogP contribution < -0.4 is 0 Å². The van der Waals surface area contributed by atoms with Crippen LogP contribution in [0, 0.1) is 19.7 Å². The van der Waals surface area contributed by atoms with E-state index in [1.54, 1.807) is 12.3 Å². The number of aromatic nitrogens is 3. The maximum absolute atomic E-state index is 14.0. The van der Waals surface area contributed by atoms with Crippen LogP contribution in [0.3, 0.4) is 0 Å². The highest BCUT2D eigenvalue weighted by Gasteiger charge is 2.31. The number of nitrogens with zero attached hydrogens (tertiary/aromatic N) is 3. The number of nitrogens with one attached hydrogen (secondary N) is 1. The van der Waals surface area contributed by atoms with Crippen LogP contribution in [-0.4, -0.2) is 26.8 Å². The molecular weight excluding hydrogens is 319 g/mol. The quantitative estimate of drug-likeness (QED) is 0.775. The lowest BCUT2D eigenvalue weighted by atomic mass is 10.0. The summed E-state index contributed by atoms with van der Waals surface area (Å²) in [6.45, 7) is 5.46. The first-order chi connectivity index (χ1) is 12.1. The molecule has 3 aromatic rings. The van der Waals surface area contributed by atoms with Crippen LogP contribution in [0.15, 0.2) is 35.0 Å². The van der Waals surface area contributed by atoms with Gasteiger partial charge in [-0.25, -0.2) is 4.39 Å². The van der Waals surface area contributed by atoms with Gasteiger partial charge in [0, 0.05) is 17.7 Å². The minimum atomic E-state index is -0.153. The zero-order valence-corrected chi connectivity index (χ0v) is 14.4. The first-order valence-corrected chi connectivity index (χ1v) is 8.59. The number of rotatable bonds is 4. The Morgan fingerprint density at radius 2 is 2.16 bits per heavy atom. The smallest absolute Gasteiger partial charge is 0.173 e. The van der Waals surface area contributed by atoms with E-state index in [9.17, 15) is 4.39 Å². The van der Waals surface area contributed by atoms with Crippen LogP contribution in [0.4, 0.5) is 4.39 Å². The molecule has 1 N–H and O–H groups in total. The summed E-state index contributed by atoms with van der Waals surface area (Å²) in [5.41, 5.74) is 4.61. The molecule has 0 spiro atoms. The molecule has 6 heteroatoms. The summed E-state index contributed by atoms with van der Waals surface area (Å²) in [5, 5.41) is 11.4. The van der Waals surface area contributed by atoms with Gasteiger partial charge < -0.3 is 4.52 Å². The molecule has 0 radical (unpaired) electrons. The highest BCUT2D eigenvalue weighted by Crippen LogP contribution is 2.38. The average Bonchev–Trinajstić information content (AvgIpc) is 3.31. The van der Waals surface area contributed by atoms with E-state index in [0.29, 0.717) is 6.54 Å². The first kappa shape index (κ1) is 16.0. The van der Waals surface area contributed by atoms with Gasteiger partial charge >= 0.3 is 0 Å². The van der Waals surface area contributed by atoms with Gasteiger partial charge in [-0.15, -0.1) is 0 Å². The SMILES string of the molecule is Cc1noc(-c2cn[nH]c2[C@H]2CCCN2Cc2ccccc2F)c1C. The van der Waals surface area contributed by atoms with Crippen molar-refractivity contribution in [3.8, 4) is 11.3 Å². The summed E-state index contributed by atoms with van der Waals surface area (Å²) < 4.78 is 19.6. The average molecular weight is 340 g/mol. The van der Waals surface area contributed by atoms with E-state index in [0.717, 1.165) is 53.2 Å². The lowest BCUT2D eigenvalue weighted by Crippen LogP contribution is -2.24. The van der Waals surface area contributed by atoms with Crippen molar-refractivity contribution in [3.63, 3.8) is 0 Å². The molecule has 4 rings (SSSR count). The second kappa shape index (κ2) is 6.44. The Morgan fingerprint density at radius 1 is 1.32 bits per heavy atom. The van der Waals surface area contributed by atoms with Gasteiger partial charge in [0.1, 0.15) is 5.82 Å². The Balaban J connectivity index is 1.65. The zero-order chi connectivity index (χ0) is 17.4. The van der Waals surface area contributed by atoms with Crippen molar-refractivity contribution < 1.29 is 8.91 Å². The third kappa shape index (κ3) is 2.87. The third-order valence-corrected chi connectivity index (χ3v) is 5.10. The molecule has 130 valence electrons. The summed E-state index contributed by atoms with van der Waals surface area (Å²) in [6, 6.07) is 7.14. The predicted molar refractivity (Wildman–Crippen MR) is 92.3 cm³/mol. The molecule has 1 aliphatic heterocycles. The number of halogens is 1. The molecule has 25 heavy (non-hydrogen) atoms. The van der Waals surface area contributed by atoms with Gasteiger partial charge in [-0.05, 0) is 39.3 Å². The van der Waals surface area contributed by atoms with E-state index in [1.165, 1.54) is 6.07 Å². The molecule has 1 fully saturated rings. The molecule has 3 heterocycles. The molecule has 2 aromatic heterocycles. The van der Waals surface area contributed by atoms with Crippen LogP contribution in [-0.2, 0) is 6.54 Å². The lowest BCUT2D eigenvalue weighted by molar-refractivity contribution is 0.241. The van der Waals surface area contributed by atoms with E-state index in [2.05, 4.69) is 20.3 Å². The van der Waals surface area contributed by atoms with Crippen molar-refractivity contribution in [2.45, 2.75) is 39.3 Å². The van der Waals surface area contributed by atoms with Gasteiger partial charge in [-0.2, -0.15) is 5.10 Å². The summed E-state index contributed by atoms with van der Waals surface area (Å²) in [6.07, 6.45) is 3.88. The maximum atomic E-state index is 14.0. The van der Waals surface area contributed by atoms with Crippen molar-refractivity contribution in [2.24, 2.45) is 0 Å². The fraction of sp³-hybridized carbons (Fsp3) is 0.368. The lowest BCUT2D eigenvalue weighted by Gasteiger charge is -2.24. The molecule has 0 bridgehead atoms. The van der Waals surface area contributed by atoms with E-state index in [4.69, 9.17) is 4.52 Å². The summed E-state index contributed by atoms with van der Waals surface area (Å²) in [5.74, 6) is 0.610. The van der Waals surface area contributed by atoms with Crippen molar-refractivity contribution >= 4 is 0 Å². The predicted octanol–water partition coefficient (Wildman–Crippen LogP) is 4.16. The molecule has 1 aromatic carbocycles. The maximum Gasteiger partial charge on any atom is 0.173 e. The Hall–Kier alpha value is -2.47. The Bertz CT molecular complexity index is 885. The van der Waals surface area contributed by atoms with Crippen LogP contribution in [0.5, 0.6) is 0 Å². The Labute approximate surface area is 145 Å². The minimum absolute atomic E-state index is 0.153. The van der Waals surface area contributed by atoms with Gasteiger partial charge in [0.05, 0.1) is 29.2 Å². The Kier molecular flexibility index (Phi) is 4.13. The zero-order valence-electron chi connectivity index (χ0n) is 14.4. The monoisotopic (exact) mass is 340 g/mol. The number of aryl methyl sites for hydroxylation is 1. The van der Waals surface area contributed by atoms with Gasteiger partial charge in [0.2, 0.25) is 0 Å². The number of likely N-dealkylation sites (tertiary alicyclic amines) is 1. The van der Waals surface area contributed by atoms with Crippen LogP contribution >= 0.6 is 0 Å². The van der Waals surface area contributed by atoms with E-state index in [-0.39, 0.29) is 11.9 Å². The van der Waals surface area contributed by atoms with Gasteiger partial charge in [-0.1, -0.05) is 23.4 Å². The molecule has 1 saturated heterocycles. The van der Waals surface area contributed by atoms with Crippen LogP contribution in [0.1, 0.15) is 41.4 Å². The molecular formula is C19H21FN4O. The number of hydrogen-bond acceptors (Lipinski definition) is 4. The summed E-state index contributed by atoms with van der Waals surface area (Å²) in [4.78, 5) is 2.30. The molecule has 1 atom stereocenters. The van der Waals surface area contributed by atoms with Crippen molar-refractivity contribution in [3.05, 3.63) is 58.8 Å². The fourth-order valence-electron chi connectivity index (χ4n) is 3.59. The number of H-pyrrole nitrogens is 1. The highest BCUT2D eigenvalue weighted by atomic mass is 19.1. The number of benzene rings is 1. The van der Waals surface area contributed by atoms with Crippen molar-refractivity contribution in [1.82, 2.24) is 20.3 Å². The first-order valence-electron chi connectivity index (χ1n) is 8.59. The third-order valence-electron chi connectivity index (χ3n) is 5.10. The number of hydrogen-bond donors (Lipinski definition) is 1. The normalized spacial score (nSPS) is 18.1. The van der Waals surface area contributed by atoms with E-state index in [1.807, 2.05) is 26.0 Å². The Morgan fingerprint density at radius 3 is 2.92 bits per heavy atom. The highest BCUT2D eigenvalue weighted by molar-refractivity contribution is 5.64. The molecule has 5 nitrogen and oxygen atoms in total. The van der Waals surface area contributed by atoms with Crippen LogP contribution in [0.2, 0.25) is 0 Å². The largest absolute Gasteiger partial charge is 0.356 e. The second-order valence-corrected chi connectivity index (χ2v) is 6.64. The van der Waals surface area contributed by atoms with E-state index < -0.39 is 0 Å². The number of aromatic amines is 1. The van der Waals surface area contributed by atoms with Gasteiger partial charge in [0.25, 0.3) is 0 Å². The molecule has 0 aliphatic carbocycles. The molecule has 0 amide bonds.